The Morgan fingerprint density at radius 1 is 1.29 bits per heavy atom. The lowest BCUT2D eigenvalue weighted by molar-refractivity contribution is -0.140. The van der Waals surface area contributed by atoms with Crippen LogP contribution in [0.1, 0.15) is 25.5 Å². The van der Waals surface area contributed by atoms with E-state index in [1.807, 2.05) is 6.92 Å². The summed E-state index contributed by atoms with van der Waals surface area (Å²) in [5, 5.41) is 3.80. The normalized spacial score (nSPS) is 12.9. The molecule has 0 aliphatic carbocycles. The van der Waals surface area contributed by atoms with Gasteiger partial charge in [0.15, 0.2) is 0 Å². The van der Waals surface area contributed by atoms with Gasteiger partial charge in [0.25, 0.3) is 0 Å². The van der Waals surface area contributed by atoms with Gasteiger partial charge in [0, 0.05) is 17.5 Å². The van der Waals surface area contributed by atoms with Crippen molar-refractivity contribution in [1.29, 1.82) is 0 Å². The number of aromatic nitrogens is 1. The highest BCUT2D eigenvalue weighted by Gasteiger charge is 2.32. The molecule has 0 spiro atoms. The van der Waals surface area contributed by atoms with E-state index in [-0.39, 0.29) is 11.6 Å². The number of fused-ring (bicyclic) bond motifs is 1. The number of hydrogen-bond donors (Lipinski definition) is 5. The van der Waals surface area contributed by atoms with Crippen LogP contribution in [0.4, 0.5) is 18.9 Å². The number of nitrogens with zero attached hydrogens (tertiary/aromatic N) is 1. The molecule has 0 amide bonds. The molecule has 158 valence electrons. The Morgan fingerprint density at radius 3 is 2.39 bits per heavy atom. The van der Waals surface area contributed by atoms with Crippen LogP contribution in [-0.4, -0.2) is 39.4 Å². The van der Waals surface area contributed by atoms with Crippen molar-refractivity contribution in [3.63, 3.8) is 0 Å². The van der Waals surface area contributed by atoms with Gasteiger partial charge in [-0.05, 0) is 38.4 Å². The van der Waals surface area contributed by atoms with Crippen molar-refractivity contribution >= 4 is 24.4 Å². The highest BCUT2D eigenvalue weighted by Crippen LogP contribution is 2.33. The number of hydrogen-bond acceptors (Lipinski definition) is 5. The number of methoxy groups -OCH3 is 1. The summed E-state index contributed by atoms with van der Waals surface area (Å²) in [5.41, 5.74) is 5.38. The highest BCUT2D eigenvalue weighted by molar-refractivity contribution is 7.45. The van der Waals surface area contributed by atoms with Crippen LogP contribution in [0.5, 0.6) is 5.75 Å². The minimum absolute atomic E-state index is 0.0604. The second-order valence-corrected chi connectivity index (χ2v) is 6.96. The van der Waals surface area contributed by atoms with E-state index >= 15 is 0 Å². The zero-order valence-electron chi connectivity index (χ0n) is 15.3. The topological polar surface area (TPSA) is 138 Å². The van der Waals surface area contributed by atoms with E-state index in [1.165, 1.54) is 13.2 Å². The van der Waals surface area contributed by atoms with Crippen LogP contribution in [0.3, 0.4) is 0 Å². The highest BCUT2D eigenvalue weighted by atomic mass is 31.2. The van der Waals surface area contributed by atoms with Crippen LogP contribution in [0.25, 0.3) is 10.9 Å². The monoisotopic (exact) mass is 425 g/mol. The molecule has 2 aromatic rings. The van der Waals surface area contributed by atoms with E-state index in [2.05, 4.69) is 10.3 Å². The van der Waals surface area contributed by atoms with Crippen molar-refractivity contribution in [3.8, 4) is 5.75 Å². The van der Waals surface area contributed by atoms with Crippen LogP contribution in [0, 0.1) is 0 Å². The maximum Gasteiger partial charge on any atom is 0.466 e. The minimum Gasteiger partial charge on any atom is -0.497 e. The number of halogens is 3. The van der Waals surface area contributed by atoms with Crippen molar-refractivity contribution in [2.75, 3.05) is 19.0 Å². The molecule has 1 atom stereocenters. The van der Waals surface area contributed by atoms with Gasteiger partial charge >= 0.3 is 14.0 Å². The van der Waals surface area contributed by atoms with Gasteiger partial charge in [-0.15, -0.1) is 0 Å². The summed E-state index contributed by atoms with van der Waals surface area (Å²) in [5.74, 6) is 0.563. The molecule has 0 aliphatic rings. The summed E-state index contributed by atoms with van der Waals surface area (Å²) < 4.78 is 52.8. The zero-order valence-corrected chi connectivity index (χ0v) is 16.2. The first kappa shape index (κ1) is 24.1. The number of nitrogens with one attached hydrogen (secondary N) is 1. The Hall–Kier alpha value is -1.91. The van der Waals surface area contributed by atoms with Gasteiger partial charge in [-0.2, -0.15) is 13.2 Å². The number of alkyl halides is 3. The standard InChI is InChI=1S/C16H20F3N3O.H3O4P/c1-10(4-3-7-20)21-13-9-12(23-2)8-11-5-6-14(16(17,18)19)22-15(11)13;1-5(2,3)4/h5-6,8-10,21H,3-4,7,20H2,1-2H3;(H3,1,2,3,4). The first-order valence-electron chi connectivity index (χ1n) is 8.16. The zero-order chi connectivity index (χ0) is 21.5. The number of phosphoric acid groups is 1. The lowest BCUT2D eigenvalue weighted by Crippen LogP contribution is -2.17. The predicted octanol–water partition coefficient (Wildman–Crippen LogP) is 2.87. The second kappa shape index (κ2) is 10.0. The number of rotatable bonds is 6. The van der Waals surface area contributed by atoms with Crippen molar-refractivity contribution in [1.82, 2.24) is 4.98 Å². The van der Waals surface area contributed by atoms with Gasteiger partial charge in [-0.25, -0.2) is 9.55 Å². The van der Waals surface area contributed by atoms with Crippen molar-refractivity contribution in [3.05, 3.63) is 30.0 Å². The molecule has 0 fully saturated rings. The fourth-order valence-corrected chi connectivity index (χ4v) is 2.36. The van der Waals surface area contributed by atoms with E-state index in [4.69, 9.17) is 29.7 Å². The molecule has 1 aromatic heterocycles. The fraction of sp³-hybridized carbons (Fsp3) is 0.438. The summed E-state index contributed by atoms with van der Waals surface area (Å²) in [6.07, 6.45) is -2.83. The van der Waals surface area contributed by atoms with E-state index in [9.17, 15) is 13.2 Å². The number of anilines is 1. The van der Waals surface area contributed by atoms with E-state index in [0.717, 1.165) is 18.9 Å². The SMILES string of the molecule is COc1cc(NC(C)CCCN)c2nc(C(F)(F)F)ccc2c1.O=P(O)(O)O. The molecule has 0 radical (unpaired) electrons. The molecular weight excluding hydrogens is 402 g/mol. The van der Waals surface area contributed by atoms with Gasteiger partial charge in [-0.1, -0.05) is 6.07 Å². The summed E-state index contributed by atoms with van der Waals surface area (Å²) in [6.45, 7) is 2.52. The molecule has 1 unspecified atom stereocenters. The quantitative estimate of drug-likeness (QED) is 0.446. The van der Waals surface area contributed by atoms with Crippen LogP contribution in [0.2, 0.25) is 0 Å². The predicted molar refractivity (Wildman–Crippen MR) is 98.9 cm³/mol. The fourth-order valence-electron chi connectivity index (χ4n) is 2.36. The molecule has 28 heavy (non-hydrogen) atoms. The van der Waals surface area contributed by atoms with Crippen molar-refractivity contribution in [2.45, 2.75) is 32.0 Å². The Morgan fingerprint density at radius 2 is 1.89 bits per heavy atom. The molecule has 2 rings (SSSR count). The minimum atomic E-state index is -4.64. The van der Waals surface area contributed by atoms with Gasteiger partial charge < -0.3 is 30.5 Å². The maximum absolute atomic E-state index is 12.9. The molecule has 8 nitrogen and oxygen atoms in total. The van der Waals surface area contributed by atoms with Crippen LogP contribution in [0.15, 0.2) is 24.3 Å². The lowest BCUT2D eigenvalue weighted by atomic mass is 10.1. The Labute approximate surface area is 159 Å². The lowest BCUT2D eigenvalue weighted by Gasteiger charge is -2.18. The second-order valence-electron chi connectivity index (χ2n) is 5.93. The third-order valence-electron chi connectivity index (χ3n) is 3.54. The van der Waals surface area contributed by atoms with Gasteiger partial charge in [0.05, 0.1) is 18.3 Å². The van der Waals surface area contributed by atoms with Crippen LogP contribution < -0.4 is 15.8 Å². The molecular formula is C16H23F3N3O5P. The Balaban J connectivity index is 0.000000696. The summed E-state index contributed by atoms with van der Waals surface area (Å²) >= 11 is 0. The van der Waals surface area contributed by atoms with Crippen molar-refractivity contribution in [2.24, 2.45) is 5.73 Å². The summed E-state index contributed by atoms with van der Waals surface area (Å²) in [6, 6.07) is 5.77. The first-order chi connectivity index (χ1) is 12.8. The Kier molecular flexibility index (Phi) is 8.65. The number of benzene rings is 1. The van der Waals surface area contributed by atoms with E-state index in [0.29, 0.717) is 23.4 Å². The van der Waals surface area contributed by atoms with Gasteiger partial charge in [-0.3, -0.25) is 0 Å². The Bertz CT molecular complexity index is 821. The maximum atomic E-state index is 12.9. The van der Waals surface area contributed by atoms with Crippen molar-refractivity contribution < 1.29 is 37.2 Å². The summed E-state index contributed by atoms with van der Waals surface area (Å²) in [4.78, 5) is 25.3. The molecule has 12 heteroatoms. The third kappa shape index (κ3) is 8.41. The molecule has 1 aromatic carbocycles. The van der Waals surface area contributed by atoms with E-state index < -0.39 is 19.7 Å². The average Bonchev–Trinajstić information content (AvgIpc) is 2.57. The number of pyridine rings is 1. The molecule has 0 saturated heterocycles. The van der Waals surface area contributed by atoms with Crippen LogP contribution in [-0.2, 0) is 10.7 Å². The van der Waals surface area contributed by atoms with Gasteiger partial charge in [0.2, 0.25) is 0 Å². The molecule has 6 N–H and O–H groups in total. The third-order valence-corrected chi connectivity index (χ3v) is 3.54. The molecule has 0 saturated carbocycles. The smallest absolute Gasteiger partial charge is 0.466 e. The molecule has 1 heterocycles. The largest absolute Gasteiger partial charge is 0.497 e. The number of ether oxygens (including phenoxy) is 1. The van der Waals surface area contributed by atoms with Crippen LogP contribution >= 0.6 is 7.82 Å². The average molecular weight is 425 g/mol. The molecule has 0 bridgehead atoms. The van der Waals surface area contributed by atoms with Gasteiger partial charge in [0.1, 0.15) is 11.4 Å². The first-order valence-corrected chi connectivity index (χ1v) is 9.72. The summed E-state index contributed by atoms with van der Waals surface area (Å²) in [7, 11) is -3.12. The molecule has 0 aliphatic heterocycles. The van der Waals surface area contributed by atoms with E-state index in [1.54, 1.807) is 12.1 Å². The number of nitrogens with two attached hydrogens (primary N) is 1.